The van der Waals surface area contributed by atoms with E-state index in [-0.39, 0.29) is 30.2 Å². The number of ether oxygens (including phenoxy) is 1. The summed E-state index contributed by atoms with van der Waals surface area (Å²) in [6.07, 6.45) is 8.64. The molecule has 2 aliphatic rings. The summed E-state index contributed by atoms with van der Waals surface area (Å²) in [6, 6.07) is 7.52. The van der Waals surface area contributed by atoms with Crippen molar-refractivity contribution in [3.63, 3.8) is 0 Å². The molecule has 4 aromatic carbocycles. The molecule has 0 saturated carbocycles. The molecular formula is C40H23F7N4O5. The maximum absolute atomic E-state index is 15.9. The number of hydrogen-bond acceptors (Lipinski definition) is 7. The number of nitrogens with zero attached hydrogens (tertiary/aromatic N) is 3. The van der Waals surface area contributed by atoms with Gasteiger partial charge < -0.3 is 24.5 Å². The van der Waals surface area contributed by atoms with Gasteiger partial charge in [0, 0.05) is 55.0 Å². The van der Waals surface area contributed by atoms with Crippen molar-refractivity contribution in [2.45, 2.75) is 5.54 Å². The fraction of sp³-hybridized carbons (Fsp3) is 0.100. The number of fused-ring (bicyclic) bond motifs is 3. The van der Waals surface area contributed by atoms with E-state index in [9.17, 15) is 41.1 Å². The molecule has 282 valence electrons. The Morgan fingerprint density at radius 3 is 1.68 bits per heavy atom. The topological polar surface area (TPSA) is 117 Å². The Balaban J connectivity index is 1.25. The first-order valence-corrected chi connectivity index (χ1v) is 16.6. The lowest BCUT2D eigenvalue weighted by Gasteiger charge is -2.26. The van der Waals surface area contributed by atoms with Gasteiger partial charge in [0.25, 0.3) is 0 Å². The Hall–Kier alpha value is -6.81. The number of benzene rings is 4. The molecule has 9 nitrogen and oxygen atoms in total. The SMILES string of the molecule is NC12C=CC=CC1CN(c1cc3c(cc1F)c(=O)c(C(=O)OC(=O)c1cn(-c4ccc(F)cc4F)c4cc(F)c(F)cc4c1=O)cn3-c1ccc(F)cc1F)C2. The molecule has 8 rings (SSSR count). The lowest BCUT2D eigenvalue weighted by molar-refractivity contribution is 0.0395. The van der Waals surface area contributed by atoms with Crippen molar-refractivity contribution in [2.75, 3.05) is 18.0 Å². The number of pyridine rings is 2. The molecular weight excluding hydrogens is 749 g/mol. The Bertz CT molecular complexity index is 2910. The normalized spacial score (nSPS) is 17.5. The highest BCUT2D eigenvalue weighted by Gasteiger charge is 2.42. The minimum Gasteiger partial charge on any atom is -0.385 e. The smallest absolute Gasteiger partial charge is 0.351 e. The van der Waals surface area contributed by atoms with Crippen LogP contribution in [0.1, 0.15) is 20.7 Å². The second kappa shape index (κ2) is 13.2. The third-order valence-electron chi connectivity index (χ3n) is 9.86. The third-order valence-corrected chi connectivity index (χ3v) is 9.86. The molecule has 1 aliphatic carbocycles. The van der Waals surface area contributed by atoms with Crippen LogP contribution in [0, 0.1) is 46.6 Å². The molecule has 3 heterocycles. The molecule has 6 aromatic rings. The Labute approximate surface area is 309 Å². The van der Waals surface area contributed by atoms with Crippen LogP contribution in [0.25, 0.3) is 33.2 Å². The van der Waals surface area contributed by atoms with E-state index < -0.39 is 108 Å². The van der Waals surface area contributed by atoms with E-state index in [1.165, 1.54) is 6.07 Å². The van der Waals surface area contributed by atoms with Crippen LogP contribution in [0.2, 0.25) is 0 Å². The van der Waals surface area contributed by atoms with Crippen molar-refractivity contribution < 1.29 is 45.1 Å². The highest BCUT2D eigenvalue weighted by atomic mass is 19.2. The number of hydrogen-bond donors (Lipinski definition) is 1. The molecule has 0 spiro atoms. The lowest BCUT2D eigenvalue weighted by Crippen LogP contribution is -2.46. The molecule has 56 heavy (non-hydrogen) atoms. The Morgan fingerprint density at radius 2 is 1.14 bits per heavy atom. The van der Waals surface area contributed by atoms with Crippen molar-refractivity contribution >= 4 is 39.4 Å². The Kier molecular flexibility index (Phi) is 8.52. The van der Waals surface area contributed by atoms with E-state index in [2.05, 4.69) is 0 Å². The maximum atomic E-state index is 15.9. The minimum absolute atomic E-state index is 0.0267. The van der Waals surface area contributed by atoms with Crippen LogP contribution in [0.5, 0.6) is 0 Å². The summed E-state index contributed by atoms with van der Waals surface area (Å²) < 4.78 is 109. The molecule has 0 radical (unpaired) electrons. The number of halogens is 7. The van der Waals surface area contributed by atoms with Crippen LogP contribution in [0.3, 0.4) is 0 Å². The predicted molar refractivity (Wildman–Crippen MR) is 189 cm³/mol. The van der Waals surface area contributed by atoms with Crippen molar-refractivity contribution in [3.8, 4) is 11.4 Å². The zero-order chi connectivity index (χ0) is 39.8. The van der Waals surface area contributed by atoms with Crippen LogP contribution < -0.4 is 21.5 Å². The van der Waals surface area contributed by atoms with Gasteiger partial charge in [0.1, 0.15) is 40.2 Å². The predicted octanol–water partition coefficient (Wildman–Crippen LogP) is 6.53. The number of carbonyl (C=O) groups is 2. The largest absolute Gasteiger partial charge is 0.385 e. The van der Waals surface area contributed by atoms with E-state index >= 15 is 8.78 Å². The van der Waals surface area contributed by atoms with Crippen LogP contribution in [0.4, 0.5) is 36.4 Å². The summed E-state index contributed by atoms with van der Waals surface area (Å²) in [4.78, 5) is 56.0. The molecule has 2 aromatic heterocycles. The number of carbonyl (C=O) groups excluding carboxylic acids is 2. The molecule has 2 atom stereocenters. The molecule has 2 unspecified atom stereocenters. The van der Waals surface area contributed by atoms with Gasteiger partial charge in [0.15, 0.2) is 11.6 Å². The first-order valence-electron chi connectivity index (χ1n) is 16.6. The first kappa shape index (κ1) is 36.2. The van der Waals surface area contributed by atoms with Crippen LogP contribution in [-0.2, 0) is 4.74 Å². The summed E-state index contributed by atoms with van der Waals surface area (Å²) in [5.74, 6) is -12.0. The van der Waals surface area contributed by atoms with E-state index in [0.717, 1.165) is 45.7 Å². The van der Waals surface area contributed by atoms with Gasteiger partial charge in [-0.05, 0) is 42.5 Å². The van der Waals surface area contributed by atoms with Gasteiger partial charge in [-0.25, -0.2) is 40.3 Å². The van der Waals surface area contributed by atoms with E-state index in [4.69, 9.17) is 10.5 Å². The third kappa shape index (κ3) is 5.94. The first-order chi connectivity index (χ1) is 26.6. The molecule has 1 fully saturated rings. The van der Waals surface area contributed by atoms with Crippen LogP contribution in [-0.4, -0.2) is 39.7 Å². The van der Waals surface area contributed by atoms with Crippen LogP contribution >= 0.6 is 0 Å². The number of esters is 2. The van der Waals surface area contributed by atoms with Crippen LogP contribution in [0.15, 0.2) is 107 Å². The van der Waals surface area contributed by atoms with E-state index in [0.29, 0.717) is 30.5 Å². The molecule has 2 N–H and O–H groups in total. The number of aromatic nitrogens is 2. The standard InChI is InChI=1S/C40H23F7N4O5/c41-20-4-6-31(28(45)9-20)50-16-24(36(52)22-11-26(43)27(44)13-33(22)50)38(54)56-39(55)25-17-51(32-7-5-21(42)10-29(32)46)34-14-35(30(47)12-23(34)37(25)53)49-15-19-3-1-2-8-40(19,48)18-49/h1-14,16-17,19H,15,18,48H2. The van der Waals surface area contributed by atoms with Gasteiger partial charge in [0.2, 0.25) is 10.9 Å². The summed E-state index contributed by atoms with van der Waals surface area (Å²) in [7, 11) is 0. The second-order valence-electron chi connectivity index (χ2n) is 13.3. The summed E-state index contributed by atoms with van der Waals surface area (Å²) in [5.41, 5.74) is -0.325. The molecule has 1 aliphatic heterocycles. The minimum atomic E-state index is -1.75. The Morgan fingerprint density at radius 1 is 0.643 bits per heavy atom. The molecule has 0 amide bonds. The number of anilines is 1. The van der Waals surface area contributed by atoms with Gasteiger partial charge in [-0.15, -0.1) is 0 Å². The highest BCUT2D eigenvalue weighted by molar-refractivity contribution is 6.05. The fourth-order valence-corrected chi connectivity index (χ4v) is 7.09. The van der Waals surface area contributed by atoms with E-state index in [1.54, 1.807) is 23.1 Å². The molecule has 1 saturated heterocycles. The van der Waals surface area contributed by atoms with Gasteiger partial charge >= 0.3 is 11.9 Å². The van der Waals surface area contributed by atoms with Crippen molar-refractivity contribution in [3.05, 3.63) is 170 Å². The van der Waals surface area contributed by atoms with Gasteiger partial charge in [-0.3, -0.25) is 9.59 Å². The second-order valence-corrected chi connectivity index (χ2v) is 13.3. The lowest BCUT2D eigenvalue weighted by atomic mass is 9.85. The maximum Gasteiger partial charge on any atom is 0.351 e. The summed E-state index contributed by atoms with van der Waals surface area (Å²) in [6.45, 7) is 0.432. The number of allylic oxidation sites excluding steroid dienone is 2. The highest BCUT2D eigenvalue weighted by Crippen LogP contribution is 2.37. The fourth-order valence-electron chi connectivity index (χ4n) is 7.09. The van der Waals surface area contributed by atoms with Gasteiger partial charge in [-0.1, -0.05) is 24.3 Å². The zero-order valence-electron chi connectivity index (χ0n) is 28.3. The van der Waals surface area contributed by atoms with Gasteiger partial charge in [0.05, 0.1) is 39.0 Å². The van der Waals surface area contributed by atoms with Crippen molar-refractivity contribution in [2.24, 2.45) is 11.7 Å². The zero-order valence-corrected chi connectivity index (χ0v) is 28.3. The van der Waals surface area contributed by atoms with Crippen molar-refractivity contribution in [1.82, 2.24) is 9.13 Å². The van der Waals surface area contributed by atoms with Crippen molar-refractivity contribution in [1.29, 1.82) is 0 Å². The molecule has 16 heteroatoms. The van der Waals surface area contributed by atoms with E-state index in [1.807, 2.05) is 6.08 Å². The van der Waals surface area contributed by atoms with Gasteiger partial charge in [-0.2, -0.15) is 0 Å². The number of nitrogens with two attached hydrogens (primary N) is 1. The average Bonchev–Trinajstić information content (AvgIpc) is 3.50. The monoisotopic (exact) mass is 772 g/mol. The summed E-state index contributed by atoms with van der Waals surface area (Å²) in [5, 5.41) is -1.17. The number of rotatable bonds is 5. The average molecular weight is 773 g/mol. The molecule has 0 bridgehead atoms. The quantitative estimate of drug-likeness (QED) is 0.121. The summed E-state index contributed by atoms with van der Waals surface area (Å²) >= 11 is 0.